The maximum absolute atomic E-state index is 13.1. The van der Waals surface area contributed by atoms with Crippen LogP contribution < -0.4 is 11.1 Å². The minimum absolute atomic E-state index is 0.331. The molecule has 0 amide bonds. The zero-order valence-electron chi connectivity index (χ0n) is 15.5. The standard InChI is InChI=1S/C21H25N2O3P/c1-3-15(2)26-27(24,25)21(17-10-5-4-6-11-17)23-19-14-13-16-9-7-8-12-18(16)20(19)22/h4-15,21,23H,3,22H2,1-2H3,(H,24,25). The first kappa shape index (κ1) is 19.4. The molecule has 0 bridgehead atoms. The third-order valence-electron chi connectivity index (χ3n) is 4.61. The molecular weight excluding hydrogens is 359 g/mol. The van der Waals surface area contributed by atoms with Gasteiger partial charge in [-0.1, -0.05) is 67.6 Å². The Morgan fingerprint density at radius 3 is 2.44 bits per heavy atom. The highest BCUT2D eigenvalue weighted by molar-refractivity contribution is 7.53. The van der Waals surface area contributed by atoms with E-state index >= 15 is 0 Å². The second kappa shape index (κ2) is 8.13. The van der Waals surface area contributed by atoms with E-state index in [1.807, 2.05) is 61.5 Å². The van der Waals surface area contributed by atoms with Crippen LogP contribution in [-0.4, -0.2) is 11.0 Å². The summed E-state index contributed by atoms with van der Waals surface area (Å²) < 4.78 is 18.6. The quantitative estimate of drug-likeness (QED) is 0.368. The second-order valence-electron chi connectivity index (χ2n) is 6.59. The van der Waals surface area contributed by atoms with Crippen molar-refractivity contribution in [2.75, 3.05) is 11.1 Å². The van der Waals surface area contributed by atoms with Gasteiger partial charge in [0, 0.05) is 5.39 Å². The summed E-state index contributed by atoms with van der Waals surface area (Å²) in [5, 5.41) is 5.07. The first-order valence-electron chi connectivity index (χ1n) is 9.02. The third kappa shape index (κ3) is 4.33. The smallest absolute Gasteiger partial charge is 0.354 e. The van der Waals surface area contributed by atoms with Gasteiger partial charge in [0.25, 0.3) is 0 Å². The van der Waals surface area contributed by atoms with Gasteiger partial charge in [-0.3, -0.25) is 4.57 Å². The number of rotatable bonds is 7. The SMILES string of the molecule is CCC(C)OP(=O)(O)C(Nc1ccc2ccccc2c1N)c1ccccc1. The van der Waals surface area contributed by atoms with Gasteiger partial charge in [-0.15, -0.1) is 0 Å². The van der Waals surface area contributed by atoms with E-state index in [1.54, 1.807) is 19.1 Å². The van der Waals surface area contributed by atoms with E-state index in [0.717, 1.165) is 10.8 Å². The van der Waals surface area contributed by atoms with E-state index < -0.39 is 13.4 Å². The molecule has 0 saturated heterocycles. The molecule has 0 aliphatic heterocycles. The van der Waals surface area contributed by atoms with Crippen LogP contribution in [-0.2, 0) is 9.09 Å². The van der Waals surface area contributed by atoms with Crippen molar-refractivity contribution in [3.63, 3.8) is 0 Å². The Bertz CT molecular complexity index is 962. The number of hydrogen-bond donors (Lipinski definition) is 3. The molecule has 4 N–H and O–H groups in total. The maximum atomic E-state index is 13.1. The number of anilines is 2. The molecule has 0 aliphatic rings. The number of fused-ring (bicyclic) bond motifs is 1. The molecule has 0 aromatic heterocycles. The van der Waals surface area contributed by atoms with Gasteiger partial charge in [-0.2, -0.15) is 0 Å². The first-order valence-corrected chi connectivity index (χ1v) is 10.7. The average Bonchev–Trinajstić information content (AvgIpc) is 2.67. The van der Waals surface area contributed by atoms with Crippen molar-refractivity contribution >= 4 is 29.7 Å². The van der Waals surface area contributed by atoms with Crippen molar-refractivity contribution in [2.45, 2.75) is 32.2 Å². The van der Waals surface area contributed by atoms with Crippen molar-refractivity contribution in [3.8, 4) is 0 Å². The Balaban J connectivity index is 2.02. The molecule has 3 aromatic carbocycles. The Labute approximate surface area is 159 Å². The van der Waals surface area contributed by atoms with Crippen LogP contribution in [0.2, 0.25) is 0 Å². The number of nitrogens with one attached hydrogen (secondary N) is 1. The molecule has 0 heterocycles. The van der Waals surface area contributed by atoms with Crippen LogP contribution in [0.25, 0.3) is 10.8 Å². The molecule has 142 valence electrons. The molecule has 27 heavy (non-hydrogen) atoms. The first-order chi connectivity index (χ1) is 12.9. The Kier molecular flexibility index (Phi) is 5.85. The number of nitrogens with two attached hydrogens (primary N) is 1. The summed E-state index contributed by atoms with van der Waals surface area (Å²) in [5.41, 5.74) is 8.15. The molecule has 3 aromatic rings. The normalized spacial score (nSPS) is 15.8. The molecule has 0 spiro atoms. The predicted octanol–water partition coefficient (Wildman–Crippen LogP) is 5.53. The zero-order valence-corrected chi connectivity index (χ0v) is 16.4. The number of hydrogen-bond acceptors (Lipinski definition) is 4. The van der Waals surface area contributed by atoms with E-state index in [1.165, 1.54) is 0 Å². The van der Waals surface area contributed by atoms with Crippen LogP contribution in [0.4, 0.5) is 11.4 Å². The highest BCUT2D eigenvalue weighted by Gasteiger charge is 2.35. The van der Waals surface area contributed by atoms with Crippen molar-refractivity contribution in [1.29, 1.82) is 0 Å². The van der Waals surface area contributed by atoms with Crippen molar-refractivity contribution in [3.05, 3.63) is 72.3 Å². The van der Waals surface area contributed by atoms with Gasteiger partial charge in [-0.25, -0.2) is 0 Å². The van der Waals surface area contributed by atoms with E-state index in [-0.39, 0.29) is 6.10 Å². The lowest BCUT2D eigenvalue weighted by atomic mass is 10.1. The van der Waals surface area contributed by atoms with E-state index in [0.29, 0.717) is 23.4 Å². The fourth-order valence-corrected chi connectivity index (χ4v) is 4.59. The maximum Gasteiger partial charge on any atom is 0.354 e. The summed E-state index contributed by atoms with van der Waals surface area (Å²) in [6.45, 7) is 3.70. The predicted molar refractivity (Wildman–Crippen MR) is 112 cm³/mol. The highest BCUT2D eigenvalue weighted by Crippen LogP contribution is 2.57. The number of nitrogen functional groups attached to an aromatic ring is 1. The van der Waals surface area contributed by atoms with Gasteiger partial charge in [0.1, 0.15) is 0 Å². The van der Waals surface area contributed by atoms with Crippen molar-refractivity contribution in [1.82, 2.24) is 0 Å². The molecule has 3 atom stereocenters. The van der Waals surface area contributed by atoms with Crippen molar-refractivity contribution in [2.24, 2.45) is 0 Å². The largest absolute Gasteiger partial charge is 0.397 e. The summed E-state index contributed by atoms with van der Waals surface area (Å²) in [4.78, 5) is 10.7. The van der Waals surface area contributed by atoms with Crippen molar-refractivity contribution < 1.29 is 14.0 Å². The average molecular weight is 384 g/mol. The van der Waals surface area contributed by atoms with E-state index in [9.17, 15) is 9.46 Å². The summed E-state index contributed by atoms with van der Waals surface area (Å²) in [5.74, 6) is -0.920. The van der Waals surface area contributed by atoms with E-state index in [4.69, 9.17) is 10.3 Å². The Hall–Kier alpha value is -2.33. The summed E-state index contributed by atoms with van der Waals surface area (Å²) in [6.07, 6.45) is 0.312. The van der Waals surface area contributed by atoms with Gasteiger partial charge in [0.15, 0.2) is 5.78 Å². The zero-order chi connectivity index (χ0) is 19.4. The second-order valence-corrected chi connectivity index (χ2v) is 8.45. The van der Waals surface area contributed by atoms with Gasteiger partial charge in [-0.05, 0) is 30.4 Å². The summed E-state index contributed by atoms with van der Waals surface area (Å²) in [6, 6.07) is 20.7. The Morgan fingerprint density at radius 2 is 1.74 bits per heavy atom. The molecule has 0 radical (unpaired) electrons. The van der Waals surface area contributed by atoms with Gasteiger partial charge in [0.05, 0.1) is 17.5 Å². The van der Waals surface area contributed by atoms with Gasteiger partial charge in [0.2, 0.25) is 0 Å². The third-order valence-corrected chi connectivity index (χ3v) is 6.35. The topological polar surface area (TPSA) is 84.6 Å². The fourth-order valence-electron chi connectivity index (χ4n) is 2.95. The lowest BCUT2D eigenvalue weighted by Crippen LogP contribution is -2.17. The molecule has 0 saturated carbocycles. The lowest BCUT2D eigenvalue weighted by Gasteiger charge is -2.27. The van der Waals surface area contributed by atoms with Crippen LogP contribution >= 0.6 is 7.60 Å². The van der Waals surface area contributed by atoms with Gasteiger partial charge >= 0.3 is 7.60 Å². The molecule has 0 aliphatic carbocycles. The molecule has 3 unspecified atom stereocenters. The van der Waals surface area contributed by atoms with Crippen LogP contribution in [0.1, 0.15) is 31.6 Å². The lowest BCUT2D eigenvalue weighted by molar-refractivity contribution is 0.181. The minimum Gasteiger partial charge on any atom is -0.397 e. The summed E-state index contributed by atoms with van der Waals surface area (Å²) in [7, 11) is -4.01. The molecule has 6 heteroatoms. The van der Waals surface area contributed by atoms with Gasteiger partial charge < -0.3 is 20.5 Å². The molecule has 3 rings (SSSR count). The highest BCUT2D eigenvalue weighted by atomic mass is 31.2. The van der Waals surface area contributed by atoms with E-state index in [2.05, 4.69) is 5.32 Å². The van der Waals surface area contributed by atoms with Crippen LogP contribution in [0.5, 0.6) is 0 Å². The van der Waals surface area contributed by atoms with Crippen LogP contribution in [0, 0.1) is 0 Å². The minimum atomic E-state index is -4.01. The molecule has 5 nitrogen and oxygen atoms in total. The fraction of sp³-hybridized carbons (Fsp3) is 0.238. The Morgan fingerprint density at radius 1 is 1.07 bits per heavy atom. The monoisotopic (exact) mass is 384 g/mol. The summed E-state index contributed by atoms with van der Waals surface area (Å²) >= 11 is 0. The molecular formula is C21H25N2O3P. The molecule has 0 fully saturated rings. The van der Waals surface area contributed by atoms with Crippen LogP contribution in [0.15, 0.2) is 66.7 Å². The number of benzene rings is 3. The van der Waals surface area contributed by atoms with Crippen LogP contribution in [0.3, 0.4) is 0 Å².